The summed E-state index contributed by atoms with van der Waals surface area (Å²) in [4.78, 5) is 41.8. The normalized spacial score (nSPS) is 11.4. The van der Waals surface area contributed by atoms with Crippen LogP contribution in [0.2, 0.25) is 0 Å². The molecule has 0 aliphatic carbocycles. The number of hydrogen-bond acceptors (Lipinski definition) is 7. The summed E-state index contributed by atoms with van der Waals surface area (Å²) in [5.41, 5.74) is 6.77. The fourth-order valence-corrected chi connectivity index (χ4v) is 3.71. The fraction of sp³-hybridized carbons (Fsp3) is 0.286. The third-order valence-electron chi connectivity index (χ3n) is 5.29. The molecular formula is C21H24N8O2. The van der Waals surface area contributed by atoms with E-state index in [1.165, 1.54) is 10.8 Å². The largest absolute Gasteiger partial charge is 0.344 e. The molecule has 0 atom stereocenters. The zero-order valence-corrected chi connectivity index (χ0v) is 17.7. The molecule has 31 heavy (non-hydrogen) atoms. The molecule has 0 spiro atoms. The van der Waals surface area contributed by atoms with Crippen molar-refractivity contribution in [3.05, 3.63) is 63.2 Å². The molecule has 0 unspecified atom stereocenters. The third kappa shape index (κ3) is 3.30. The van der Waals surface area contributed by atoms with Gasteiger partial charge < -0.3 is 10.6 Å². The summed E-state index contributed by atoms with van der Waals surface area (Å²) in [6, 6.07) is 7.62. The zero-order chi connectivity index (χ0) is 22.3. The lowest BCUT2D eigenvalue weighted by molar-refractivity contribution is 0.635. The molecule has 3 aromatic heterocycles. The molecule has 4 aromatic rings. The second-order valence-electron chi connectivity index (χ2n) is 7.32. The number of benzene rings is 1. The van der Waals surface area contributed by atoms with E-state index in [9.17, 15) is 9.59 Å². The van der Waals surface area contributed by atoms with E-state index in [0.717, 1.165) is 21.2 Å². The lowest BCUT2D eigenvalue weighted by Gasteiger charge is -2.16. The molecule has 0 radical (unpaired) electrons. The minimum Gasteiger partial charge on any atom is -0.344 e. The highest BCUT2D eigenvalue weighted by atomic mass is 16.2. The summed E-state index contributed by atoms with van der Waals surface area (Å²) in [6.45, 7) is 6.59. The van der Waals surface area contributed by atoms with Gasteiger partial charge in [-0.05, 0) is 13.0 Å². The molecule has 3 heterocycles. The monoisotopic (exact) mass is 420 g/mol. The van der Waals surface area contributed by atoms with Crippen molar-refractivity contribution in [3.63, 3.8) is 0 Å². The third-order valence-corrected chi connectivity index (χ3v) is 5.29. The molecule has 0 aliphatic rings. The van der Waals surface area contributed by atoms with E-state index in [2.05, 4.69) is 21.5 Å². The molecule has 1 aromatic carbocycles. The van der Waals surface area contributed by atoms with Crippen molar-refractivity contribution in [2.75, 3.05) is 25.0 Å². The van der Waals surface area contributed by atoms with Crippen LogP contribution in [-0.2, 0) is 13.6 Å². The Morgan fingerprint density at radius 3 is 2.65 bits per heavy atom. The van der Waals surface area contributed by atoms with Crippen molar-refractivity contribution in [2.45, 2.75) is 13.5 Å². The van der Waals surface area contributed by atoms with Crippen LogP contribution in [0.4, 0.5) is 5.95 Å². The second kappa shape index (κ2) is 7.80. The van der Waals surface area contributed by atoms with Crippen LogP contribution >= 0.6 is 0 Å². The van der Waals surface area contributed by atoms with Crippen molar-refractivity contribution in [3.8, 4) is 0 Å². The van der Waals surface area contributed by atoms with Crippen LogP contribution in [0.3, 0.4) is 0 Å². The van der Waals surface area contributed by atoms with E-state index in [1.807, 2.05) is 43.1 Å². The standard InChI is InChI=1S/C21H24N8O2/c1-5-28-17-18(25-20(28)26(3)11-10-22)27(4)21(31)29(19(17)30)12-16-23-13(2)14-8-6-7-9-15(14)24-16/h5-9H,1,10-12,22H2,2-4H3. The molecule has 0 amide bonds. The van der Waals surface area contributed by atoms with Crippen molar-refractivity contribution in [1.29, 1.82) is 0 Å². The maximum Gasteiger partial charge on any atom is 0.332 e. The van der Waals surface area contributed by atoms with E-state index in [1.54, 1.807) is 11.6 Å². The highest BCUT2D eigenvalue weighted by molar-refractivity contribution is 5.80. The number of nitrogens with zero attached hydrogens (tertiary/aromatic N) is 7. The number of likely N-dealkylation sites (N-methyl/N-ethyl adjacent to an activating group) is 1. The van der Waals surface area contributed by atoms with Crippen LogP contribution in [0.1, 0.15) is 11.5 Å². The molecule has 0 aliphatic heterocycles. The van der Waals surface area contributed by atoms with Crippen molar-refractivity contribution in [1.82, 2.24) is 28.7 Å². The summed E-state index contributed by atoms with van der Waals surface area (Å²) in [7, 11) is 3.40. The number of aromatic nitrogens is 6. The molecule has 0 saturated carbocycles. The Labute approximate surface area is 177 Å². The van der Waals surface area contributed by atoms with Gasteiger partial charge in [-0.25, -0.2) is 14.8 Å². The zero-order valence-electron chi connectivity index (χ0n) is 17.7. The number of rotatable bonds is 6. The lowest BCUT2D eigenvalue weighted by Crippen LogP contribution is -2.40. The van der Waals surface area contributed by atoms with Crippen molar-refractivity contribution in [2.24, 2.45) is 12.8 Å². The summed E-state index contributed by atoms with van der Waals surface area (Å²) < 4.78 is 4.06. The number of anilines is 1. The quantitative estimate of drug-likeness (QED) is 0.488. The molecule has 4 rings (SSSR count). The second-order valence-corrected chi connectivity index (χ2v) is 7.32. The molecule has 0 saturated heterocycles. The van der Waals surface area contributed by atoms with Crippen molar-refractivity contribution < 1.29 is 0 Å². The number of para-hydroxylation sites is 1. The maximum atomic E-state index is 13.4. The number of nitrogens with two attached hydrogens (primary N) is 1. The topological polar surface area (TPSA) is 117 Å². The Hall–Kier alpha value is -3.79. The van der Waals surface area contributed by atoms with Gasteiger partial charge in [0.15, 0.2) is 11.2 Å². The van der Waals surface area contributed by atoms with Crippen LogP contribution in [0.5, 0.6) is 0 Å². The Morgan fingerprint density at radius 1 is 1.19 bits per heavy atom. The number of aryl methyl sites for hydroxylation is 2. The minimum absolute atomic E-state index is 0.0522. The predicted molar refractivity (Wildman–Crippen MR) is 121 cm³/mol. The Kier molecular flexibility index (Phi) is 5.15. The van der Waals surface area contributed by atoms with Gasteiger partial charge in [-0.15, -0.1) is 0 Å². The highest BCUT2D eigenvalue weighted by Gasteiger charge is 2.21. The van der Waals surface area contributed by atoms with Gasteiger partial charge in [0, 0.05) is 44.5 Å². The van der Waals surface area contributed by atoms with Gasteiger partial charge in [0.2, 0.25) is 5.95 Å². The van der Waals surface area contributed by atoms with E-state index in [4.69, 9.17) is 5.73 Å². The SMILES string of the molecule is C=Cn1c(N(C)CCN)nc2c1c(=O)n(Cc1nc(C)c3ccccc3n1)c(=O)n2C. The Morgan fingerprint density at radius 2 is 1.94 bits per heavy atom. The summed E-state index contributed by atoms with van der Waals surface area (Å²) in [5, 5.41) is 0.930. The minimum atomic E-state index is -0.492. The Bertz CT molecular complexity index is 1430. The van der Waals surface area contributed by atoms with E-state index in [0.29, 0.717) is 24.9 Å². The first-order valence-corrected chi connectivity index (χ1v) is 9.85. The van der Waals surface area contributed by atoms with E-state index in [-0.39, 0.29) is 17.7 Å². The average Bonchev–Trinajstić information content (AvgIpc) is 3.15. The van der Waals surface area contributed by atoms with Gasteiger partial charge in [0.05, 0.1) is 12.1 Å². The molecule has 10 nitrogen and oxygen atoms in total. The van der Waals surface area contributed by atoms with Crippen LogP contribution in [0, 0.1) is 6.92 Å². The van der Waals surface area contributed by atoms with Crippen LogP contribution in [0.15, 0.2) is 40.4 Å². The first-order chi connectivity index (χ1) is 14.9. The molecular weight excluding hydrogens is 396 g/mol. The molecule has 0 bridgehead atoms. The molecule has 10 heteroatoms. The highest BCUT2D eigenvalue weighted by Crippen LogP contribution is 2.19. The van der Waals surface area contributed by atoms with Gasteiger partial charge in [0.25, 0.3) is 5.56 Å². The maximum absolute atomic E-state index is 13.4. The molecule has 0 fully saturated rings. The first-order valence-electron chi connectivity index (χ1n) is 9.85. The van der Waals surface area contributed by atoms with Crippen LogP contribution in [0.25, 0.3) is 28.3 Å². The number of hydrogen-bond donors (Lipinski definition) is 1. The summed E-state index contributed by atoms with van der Waals surface area (Å²) in [5.74, 6) is 0.873. The van der Waals surface area contributed by atoms with Gasteiger partial charge >= 0.3 is 5.69 Å². The van der Waals surface area contributed by atoms with Gasteiger partial charge in [-0.1, -0.05) is 24.8 Å². The summed E-state index contributed by atoms with van der Waals surface area (Å²) in [6.07, 6.45) is 1.50. The lowest BCUT2D eigenvalue weighted by atomic mass is 10.2. The van der Waals surface area contributed by atoms with Gasteiger partial charge in [0.1, 0.15) is 5.82 Å². The van der Waals surface area contributed by atoms with Crippen LogP contribution < -0.4 is 21.9 Å². The van der Waals surface area contributed by atoms with Crippen molar-refractivity contribution >= 4 is 34.2 Å². The average molecular weight is 420 g/mol. The van der Waals surface area contributed by atoms with Gasteiger partial charge in [-0.2, -0.15) is 4.98 Å². The fourth-order valence-electron chi connectivity index (χ4n) is 3.71. The van der Waals surface area contributed by atoms with Gasteiger partial charge in [-0.3, -0.25) is 18.5 Å². The molecule has 2 N–H and O–H groups in total. The number of fused-ring (bicyclic) bond motifs is 2. The van der Waals surface area contributed by atoms with E-state index < -0.39 is 11.2 Å². The molecule has 160 valence electrons. The predicted octanol–water partition coefficient (Wildman–Crippen LogP) is 0.692. The number of imidazole rings is 1. The smallest absolute Gasteiger partial charge is 0.332 e. The Balaban J connectivity index is 1.92. The summed E-state index contributed by atoms with van der Waals surface area (Å²) >= 11 is 0. The van der Waals surface area contributed by atoms with Crippen LogP contribution in [-0.4, -0.2) is 48.8 Å². The van der Waals surface area contributed by atoms with E-state index >= 15 is 0 Å². The first kappa shape index (κ1) is 20.5.